The Hall–Kier alpha value is -1.98. The summed E-state index contributed by atoms with van der Waals surface area (Å²) in [4.78, 5) is 11.7. The first-order valence-electron chi connectivity index (χ1n) is 5.89. The Morgan fingerprint density at radius 1 is 1.24 bits per heavy atom. The van der Waals surface area contributed by atoms with Crippen LogP contribution in [0.3, 0.4) is 0 Å². The number of anilines is 2. The van der Waals surface area contributed by atoms with E-state index in [9.17, 15) is 9.18 Å². The van der Waals surface area contributed by atoms with Crippen molar-refractivity contribution < 1.29 is 13.9 Å². The summed E-state index contributed by atoms with van der Waals surface area (Å²) in [6.45, 7) is -0.363. The van der Waals surface area contributed by atoms with E-state index in [0.29, 0.717) is 5.69 Å². The van der Waals surface area contributed by atoms with Gasteiger partial charge in [0.15, 0.2) is 12.4 Å². The SMILES string of the molecule is Nc1ccc(F)c(NC(=O)COc2c(Cl)cccc2Cl)c1. The fourth-order valence-electron chi connectivity index (χ4n) is 1.58. The molecule has 0 atom stereocenters. The van der Waals surface area contributed by atoms with E-state index in [0.717, 1.165) is 6.07 Å². The van der Waals surface area contributed by atoms with E-state index in [1.807, 2.05) is 0 Å². The van der Waals surface area contributed by atoms with Crippen molar-refractivity contribution in [2.24, 2.45) is 0 Å². The van der Waals surface area contributed by atoms with E-state index < -0.39 is 11.7 Å². The van der Waals surface area contributed by atoms with Crippen LogP contribution in [0.15, 0.2) is 36.4 Å². The quantitative estimate of drug-likeness (QED) is 0.840. The molecule has 110 valence electrons. The number of para-hydroxylation sites is 1. The predicted octanol–water partition coefficient (Wildman–Crippen LogP) is 3.73. The maximum absolute atomic E-state index is 13.5. The Kier molecular flexibility index (Phi) is 4.88. The van der Waals surface area contributed by atoms with Crippen molar-refractivity contribution in [3.05, 3.63) is 52.3 Å². The molecule has 0 saturated heterocycles. The number of nitrogens with two attached hydrogens (primary N) is 1. The van der Waals surface area contributed by atoms with Gasteiger partial charge < -0.3 is 15.8 Å². The number of carbonyl (C=O) groups excluding carboxylic acids is 1. The molecule has 2 aromatic rings. The van der Waals surface area contributed by atoms with Crippen LogP contribution in [0.5, 0.6) is 5.75 Å². The third-order valence-electron chi connectivity index (χ3n) is 2.53. The fraction of sp³-hybridized carbons (Fsp3) is 0.0714. The molecule has 0 saturated carbocycles. The minimum Gasteiger partial charge on any atom is -0.481 e. The lowest BCUT2D eigenvalue weighted by Gasteiger charge is -2.10. The van der Waals surface area contributed by atoms with E-state index in [1.54, 1.807) is 18.2 Å². The highest BCUT2D eigenvalue weighted by atomic mass is 35.5. The Morgan fingerprint density at radius 3 is 2.57 bits per heavy atom. The minimum atomic E-state index is -0.590. The molecule has 0 heterocycles. The second kappa shape index (κ2) is 6.65. The normalized spacial score (nSPS) is 10.2. The first-order chi connectivity index (χ1) is 9.97. The molecule has 0 fully saturated rings. The van der Waals surface area contributed by atoms with Crippen LogP contribution in [0.1, 0.15) is 0 Å². The van der Waals surface area contributed by atoms with Crippen molar-refractivity contribution in [3.63, 3.8) is 0 Å². The van der Waals surface area contributed by atoms with Gasteiger partial charge in [-0.3, -0.25) is 4.79 Å². The van der Waals surface area contributed by atoms with Crippen molar-refractivity contribution in [2.75, 3.05) is 17.7 Å². The number of carbonyl (C=O) groups is 1. The molecule has 21 heavy (non-hydrogen) atoms. The average molecular weight is 329 g/mol. The van der Waals surface area contributed by atoms with Gasteiger partial charge in [0, 0.05) is 5.69 Å². The van der Waals surface area contributed by atoms with Gasteiger partial charge in [-0.2, -0.15) is 0 Å². The highest BCUT2D eigenvalue weighted by molar-refractivity contribution is 6.37. The predicted molar refractivity (Wildman–Crippen MR) is 81.4 cm³/mol. The van der Waals surface area contributed by atoms with Crippen LogP contribution in [0, 0.1) is 5.82 Å². The van der Waals surface area contributed by atoms with Gasteiger partial charge in [0.2, 0.25) is 0 Å². The van der Waals surface area contributed by atoms with Gasteiger partial charge in [0.05, 0.1) is 15.7 Å². The van der Waals surface area contributed by atoms with E-state index >= 15 is 0 Å². The number of halogens is 3. The molecule has 0 aliphatic heterocycles. The van der Waals surface area contributed by atoms with Crippen LogP contribution in [-0.4, -0.2) is 12.5 Å². The number of hydrogen-bond acceptors (Lipinski definition) is 3. The molecule has 0 radical (unpaired) electrons. The van der Waals surface area contributed by atoms with Crippen LogP contribution in [-0.2, 0) is 4.79 Å². The average Bonchev–Trinajstić information content (AvgIpc) is 2.42. The number of ether oxygens (including phenoxy) is 1. The summed E-state index contributed by atoms with van der Waals surface area (Å²) in [5, 5.41) is 2.92. The third kappa shape index (κ3) is 4.00. The lowest BCUT2D eigenvalue weighted by atomic mass is 10.2. The standard InChI is InChI=1S/C14H11Cl2FN2O2/c15-9-2-1-3-10(16)14(9)21-7-13(20)19-12-6-8(18)4-5-11(12)17/h1-6H,7,18H2,(H,19,20). The summed E-state index contributed by atoms with van der Waals surface area (Å²) in [7, 11) is 0. The van der Waals surface area contributed by atoms with Gasteiger partial charge in [-0.1, -0.05) is 29.3 Å². The van der Waals surface area contributed by atoms with E-state index in [-0.39, 0.29) is 28.1 Å². The van der Waals surface area contributed by atoms with E-state index in [1.165, 1.54) is 12.1 Å². The molecule has 0 unspecified atom stereocenters. The molecule has 2 aromatic carbocycles. The smallest absolute Gasteiger partial charge is 0.262 e. The summed E-state index contributed by atoms with van der Waals surface area (Å²) in [6.07, 6.45) is 0. The number of nitrogens with one attached hydrogen (secondary N) is 1. The monoisotopic (exact) mass is 328 g/mol. The summed E-state index contributed by atoms with van der Waals surface area (Å²) >= 11 is 11.8. The first-order valence-corrected chi connectivity index (χ1v) is 6.64. The van der Waals surface area contributed by atoms with Gasteiger partial charge in [-0.05, 0) is 30.3 Å². The number of nitrogen functional groups attached to an aromatic ring is 1. The van der Waals surface area contributed by atoms with E-state index in [4.69, 9.17) is 33.7 Å². The third-order valence-corrected chi connectivity index (χ3v) is 3.13. The minimum absolute atomic E-state index is 0.0196. The van der Waals surface area contributed by atoms with Gasteiger partial charge in [0.25, 0.3) is 5.91 Å². The maximum atomic E-state index is 13.5. The molecular formula is C14H11Cl2FN2O2. The van der Waals surface area contributed by atoms with Crippen molar-refractivity contribution in [2.45, 2.75) is 0 Å². The highest BCUT2D eigenvalue weighted by Crippen LogP contribution is 2.32. The number of amides is 1. The number of benzene rings is 2. The van der Waals surface area contributed by atoms with Crippen LogP contribution in [0.25, 0.3) is 0 Å². The molecule has 0 bridgehead atoms. The molecular weight excluding hydrogens is 318 g/mol. The molecule has 0 aromatic heterocycles. The van der Waals surface area contributed by atoms with E-state index in [2.05, 4.69) is 5.32 Å². The Morgan fingerprint density at radius 2 is 1.90 bits per heavy atom. The molecule has 3 N–H and O–H groups in total. The Balaban J connectivity index is 2.01. The van der Waals surface area contributed by atoms with Gasteiger partial charge in [-0.25, -0.2) is 4.39 Å². The molecule has 0 aliphatic carbocycles. The first kappa shape index (κ1) is 15.4. The van der Waals surface area contributed by atoms with Gasteiger partial charge >= 0.3 is 0 Å². The maximum Gasteiger partial charge on any atom is 0.262 e. The highest BCUT2D eigenvalue weighted by Gasteiger charge is 2.11. The van der Waals surface area contributed by atoms with Crippen molar-refractivity contribution >= 4 is 40.5 Å². The lowest BCUT2D eigenvalue weighted by Crippen LogP contribution is -2.21. The summed E-state index contributed by atoms with van der Waals surface area (Å²) in [5.74, 6) is -0.951. The second-order valence-corrected chi connectivity index (χ2v) is 4.94. The van der Waals surface area contributed by atoms with Crippen molar-refractivity contribution in [1.29, 1.82) is 0 Å². The molecule has 4 nitrogen and oxygen atoms in total. The zero-order valence-electron chi connectivity index (χ0n) is 10.7. The number of rotatable bonds is 4. The van der Waals surface area contributed by atoms with Crippen LogP contribution >= 0.6 is 23.2 Å². The Bertz CT molecular complexity index is 660. The Labute approximate surface area is 130 Å². The largest absolute Gasteiger partial charge is 0.481 e. The zero-order valence-corrected chi connectivity index (χ0v) is 12.2. The molecule has 1 amide bonds. The zero-order chi connectivity index (χ0) is 15.4. The second-order valence-electron chi connectivity index (χ2n) is 4.13. The fourth-order valence-corrected chi connectivity index (χ4v) is 2.09. The van der Waals surface area contributed by atoms with Crippen molar-refractivity contribution in [1.82, 2.24) is 0 Å². The van der Waals surface area contributed by atoms with Crippen molar-refractivity contribution in [3.8, 4) is 5.75 Å². The summed E-state index contributed by atoms with van der Waals surface area (Å²) < 4.78 is 18.7. The number of hydrogen-bond donors (Lipinski definition) is 2. The van der Waals surface area contributed by atoms with Gasteiger partial charge in [0.1, 0.15) is 5.82 Å². The molecule has 7 heteroatoms. The summed E-state index contributed by atoms with van der Waals surface area (Å²) in [5.41, 5.74) is 5.84. The topological polar surface area (TPSA) is 64.3 Å². The molecule has 0 aliphatic rings. The van der Waals surface area contributed by atoms with Gasteiger partial charge in [-0.15, -0.1) is 0 Å². The van der Waals surface area contributed by atoms with Crippen LogP contribution in [0.4, 0.5) is 15.8 Å². The molecule has 2 rings (SSSR count). The summed E-state index contributed by atoms with van der Waals surface area (Å²) in [6, 6.07) is 8.69. The van der Waals surface area contributed by atoms with Crippen LogP contribution in [0.2, 0.25) is 10.0 Å². The molecule has 0 spiro atoms. The van der Waals surface area contributed by atoms with Crippen LogP contribution < -0.4 is 15.8 Å². The lowest BCUT2D eigenvalue weighted by molar-refractivity contribution is -0.118.